The number of amides is 1. The van der Waals surface area contributed by atoms with Gasteiger partial charge in [-0.3, -0.25) is 9.59 Å². The van der Waals surface area contributed by atoms with Crippen molar-refractivity contribution in [2.45, 2.75) is 341 Å². The Balaban J connectivity index is 3.34. The summed E-state index contributed by atoms with van der Waals surface area (Å²) in [5.74, 6) is -0.0282. The molecule has 0 aromatic rings. The number of esters is 1. The van der Waals surface area contributed by atoms with E-state index in [1.54, 1.807) is 0 Å². The summed E-state index contributed by atoms with van der Waals surface area (Å²) in [6.45, 7) is 4.94. The molecule has 0 saturated heterocycles. The number of ether oxygens (including phenoxy) is 1. The Bertz CT molecular complexity index is 970. The average molecular weight is 919 g/mol. The van der Waals surface area contributed by atoms with Crippen molar-refractivity contribution in [3.05, 3.63) is 12.2 Å². The molecular formula is C59H115NO5. The van der Waals surface area contributed by atoms with Gasteiger partial charge in [0.15, 0.2) is 0 Å². The second-order valence-electron chi connectivity index (χ2n) is 20.3. The summed E-state index contributed by atoms with van der Waals surface area (Å²) >= 11 is 0. The number of aliphatic hydroxyl groups excluding tert-OH is 2. The molecule has 2 unspecified atom stereocenters. The number of aliphatic hydroxyl groups is 2. The molecule has 0 aliphatic rings. The molecular weight excluding hydrogens is 803 g/mol. The lowest BCUT2D eigenvalue weighted by atomic mass is 10.0. The largest absolute Gasteiger partial charge is 0.466 e. The molecule has 0 saturated carbocycles. The van der Waals surface area contributed by atoms with Crippen LogP contribution in [-0.2, 0) is 14.3 Å². The minimum atomic E-state index is -0.661. The maximum absolute atomic E-state index is 12.4. The van der Waals surface area contributed by atoms with Gasteiger partial charge in [0.2, 0.25) is 5.91 Å². The van der Waals surface area contributed by atoms with Gasteiger partial charge in [0, 0.05) is 12.8 Å². The first kappa shape index (κ1) is 63.6. The van der Waals surface area contributed by atoms with E-state index in [9.17, 15) is 19.8 Å². The molecule has 0 rings (SSSR count). The molecule has 65 heavy (non-hydrogen) atoms. The van der Waals surface area contributed by atoms with Crippen LogP contribution in [0.5, 0.6) is 0 Å². The third kappa shape index (κ3) is 51.8. The molecule has 0 aromatic carbocycles. The molecule has 0 spiro atoms. The van der Waals surface area contributed by atoms with Crippen molar-refractivity contribution in [3.8, 4) is 0 Å². The molecule has 0 radical (unpaired) electrons. The zero-order valence-corrected chi connectivity index (χ0v) is 44.0. The Labute approximate surface area is 406 Å². The number of nitrogens with one attached hydrogen (secondary N) is 1. The molecule has 0 aliphatic heterocycles. The van der Waals surface area contributed by atoms with Gasteiger partial charge in [-0.05, 0) is 51.4 Å². The van der Waals surface area contributed by atoms with E-state index in [4.69, 9.17) is 4.74 Å². The molecule has 3 N–H and O–H groups in total. The topological polar surface area (TPSA) is 95.9 Å². The van der Waals surface area contributed by atoms with E-state index in [-0.39, 0.29) is 18.5 Å². The number of unbranched alkanes of at least 4 members (excludes halogenated alkanes) is 42. The van der Waals surface area contributed by atoms with Crippen LogP contribution in [0.3, 0.4) is 0 Å². The maximum Gasteiger partial charge on any atom is 0.305 e. The van der Waals surface area contributed by atoms with Gasteiger partial charge in [-0.2, -0.15) is 0 Å². The fourth-order valence-corrected chi connectivity index (χ4v) is 9.28. The molecule has 0 aromatic heterocycles. The van der Waals surface area contributed by atoms with Crippen LogP contribution < -0.4 is 5.32 Å². The monoisotopic (exact) mass is 918 g/mol. The highest BCUT2D eigenvalue weighted by Gasteiger charge is 2.20. The summed E-state index contributed by atoms with van der Waals surface area (Å²) in [7, 11) is 0. The second-order valence-corrected chi connectivity index (χ2v) is 20.3. The van der Waals surface area contributed by atoms with E-state index in [1.807, 2.05) is 0 Å². The predicted octanol–water partition coefficient (Wildman–Crippen LogP) is 18.1. The zero-order chi connectivity index (χ0) is 47.2. The van der Waals surface area contributed by atoms with Crippen LogP contribution in [0.2, 0.25) is 0 Å². The number of hydrogen-bond donors (Lipinski definition) is 3. The average Bonchev–Trinajstić information content (AvgIpc) is 3.31. The van der Waals surface area contributed by atoms with E-state index < -0.39 is 12.1 Å². The second kappa shape index (κ2) is 55.2. The molecule has 1 amide bonds. The van der Waals surface area contributed by atoms with Crippen LogP contribution >= 0.6 is 0 Å². The van der Waals surface area contributed by atoms with Crippen molar-refractivity contribution < 1.29 is 24.5 Å². The molecule has 0 bridgehead atoms. The van der Waals surface area contributed by atoms with Crippen LogP contribution in [0.25, 0.3) is 0 Å². The van der Waals surface area contributed by atoms with Crippen molar-refractivity contribution in [3.63, 3.8) is 0 Å². The highest BCUT2D eigenvalue weighted by molar-refractivity contribution is 5.76. The lowest BCUT2D eigenvalue weighted by molar-refractivity contribution is -0.143. The van der Waals surface area contributed by atoms with Crippen LogP contribution in [0.1, 0.15) is 328 Å². The first-order valence-electron chi connectivity index (χ1n) is 29.4. The van der Waals surface area contributed by atoms with E-state index in [2.05, 4.69) is 31.3 Å². The van der Waals surface area contributed by atoms with Crippen molar-refractivity contribution in [2.75, 3.05) is 13.2 Å². The summed E-state index contributed by atoms with van der Waals surface area (Å²) < 4.78 is 5.48. The van der Waals surface area contributed by atoms with Gasteiger partial charge < -0.3 is 20.3 Å². The number of carbonyl (C=O) groups is 2. The van der Waals surface area contributed by atoms with E-state index >= 15 is 0 Å². The number of hydrogen-bond acceptors (Lipinski definition) is 5. The highest BCUT2D eigenvalue weighted by Crippen LogP contribution is 2.18. The van der Waals surface area contributed by atoms with Crippen LogP contribution in [0, 0.1) is 0 Å². The van der Waals surface area contributed by atoms with Gasteiger partial charge in [-0.15, -0.1) is 0 Å². The van der Waals surface area contributed by atoms with Crippen LogP contribution in [0.15, 0.2) is 12.2 Å². The standard InChI is InChI=1S/C59H115NO5/c1-3-5-7-9-11-13-15-16-26-30-33-37-41-45-49-53-59(64)65-54-50-46-42-38-34-31-28-25-23-21-19-17-18-20-22-24-27-29-32-36-40-44-48-52-58(63)60-56(55-61)57(62)51-47-43-39-35-14-12-10-8-6-4-2/h16,26,56-57,61-62H,3-15,17-25,27-55H2,1-2H3,(H,60,63)/b26-16-. The Morgan fingerprint density at radius 3 is 1.09 bits per heavy atom. The first-order chi connectivity index (χ1) is 32.0. The number of rotatable bonds is 55. The molecule has 0 heterocycles. The predicted molar refractivity (Wildman–Crippen MR) is 283 cm³/mol. The molecule has 386 valence electrons. The van der Waals surface area contributed by atoms with Crippen molar-refractivity contribution in [2.24, 2.45) is 0 Å². The summed E-state index contributed by atoms with van der Waals surface area (Å²) in [6, 6.07) is -0.538. The number of allylic oxidation sites excluding steroid dienone is 2. The molecule has 6 heteroatoms. The van der Waals surface area contributed by atoms with E-state index in [1.165, 1.54) is 250 Å². The van der Waals surface area contributed by atoms with Gasteiger partial charge >= 0.3 is 5.97 Å². The Morgan fingerprint density at radius 1 is 0.415 bits per heavy atom. The summed E-state index contributed by atoms with van der Waals surface area (Å²) in [5.41, 5.74) is 0. The van der Waals surface area contributed by atoms with Gasteiger partial charge in [-0.1, -0.05) is 276 Å². The Hall–Kier alpha value is -1.40. The third-order valence-electron chi connectivity index (χ3n) is 13.8. The smallest absolute Gasteiger partial charge is 0.305 e. The summed E-state index contributed by atoms with van der Waals surface area (Å²) in [5, 5.41) is 23.1. The first-order valence-corrected chi connectivity index (χ1v) is 29.4. The summed E-state index contributed by atoms with van der Waals surface area (Å²) in [4.78, 5) is 24.5. The fourth-order valence-electron chi connectivity index (χ4n) is 9.28. The Kier molecular flexibility index (Phi) is 54.0. The third-order valence-corrected chi connectivity index (χ3v) is 13.8. The van der Waals surface area contributed by atoms with Gasteiger partial charge in [-0.25, -0.2) is 0 Å². The molecule has 6 nitrogen and oxygen atoms in total. The van der Waals surface area contributed by atoms with E-state index in [0.717, 1.165) is 44.9 Å². The normalized spacial score (nSPS) is 12.6. The van der Waals surface area contributed by atoms with Crippen LogP contribution in [0.4, 0.5) is 0 Å². The quantitative estimate of drug-likeness (QED) is 0.0321. The molecule has 2 atom stereocenters. The minimum Gasteiger partial charge on any atom is -0.466 e. The highest BCUT2D eigenvalue weighted by atomic mass is 16.5. The van der Waals surface area contributed by atoms with Crippen LogP contribution in [-0.4, -0.2) is 47.4 Å². The molecule has 0 fully saturated rings. The van der Waals surface area contributed by atoms with E-state index in [0.29, 0.717) is 25.9 Å². The minimum absolute atomic E-state index is 0.00681. The van der Waals surface area contributed by atoms with Gasteiger partial charge in [0.1, 0.15) is 0 Å². The van der Waals surface area contributed by atoms with Crippen molar-refractivity contribution >= 4 is 11.9 Å². The maximum atomic E-state index is 12.4. The lowest BCUT2D eigenvalue weighted by Crippen LogP contribution is -2.45. The SMILES string of the molecule is CCCCCCCC/C=C\CCCCCCCC(=O)OCCCCCCCCCCCCCCCCCCCCCCCCCC(=O)NC(CO)C(O)CCCCCCCCCCCC. The van der Waals surface area contributed by atoms with Crippen molar-refractivity contribution in [1.29, 1.82) is 0 Å². The van der Waals surface area contributed by atoms with Gasteiger partial charge in [0.05, 0.1) is 25.4 Å². The zero-order valence-electron chi connectivity index (χ0n) is 44.0. The lowest BCUT2D eigenvalue weighted by Gasteiger charge is -2.22. The van der Waals surface area contributed by atoms with Gasteiger partial charge in [0.25, 0.3) is 0 Å². The molecule has 0 aliphatic carbocycles. The fraction of sp³-hybridized carbons (Fsp3) is 0.932. The Morgan fingerprint density at radius 2 is 0.723 bits per heavy atom. The number of carbonyl (C=O) groups excluding carboxylic acids is 2. The summed E-state index contributed by atoms with van der Waals surface area (Å²) in [6.07, 6.45) is 65.0. The van der Waals surface area contributed by atoms with Crippen molar-refractivity contribution in [1.82, 2.24) is 5.32 Å².